The zero-order valence-corrected chi connectivity index (χ0v) is 9.89. The molecule has 4 nitrogen and oxygen atoms in total. The number of azo groups is 1. The van der Waals surface area contributed by atoms with Gasteiger partial charge < -0.3 is 10.2 Å². The van der Waals surface area contributed by atoms with Crippen LogP contribution in [-0.2, 0) is 0 Å². The van der Waals surface area contributed by atoms with Crippen LogP contribution in [0.3, 0.4) is 0 Å². The zero-order chi connectivity index (χ0) is 12.7. The van der Waals surface area contributed by atoms with Gasteiger partial charge in [0.1, 0.15) is 11.6 Å². The van der Waals surface area contributed by atoms with E-state index < -0.39 is 0 Å². The van der Waals surface area contributed by atoms with Crippen LogP contribution < -0.4 is 5.32 Å². The molecule has 5 heteroatoms. The first-order chi connectivity index (χ1) is 8.13. The summed E-state index contributed by atoms with van der Waals surface area (Å²) in [6.07, 6.45) is 3.52. The summed E-state index contributed by atoms with van der Waals surface area (Å²) in [6.45, 7) is 3.75. The van der Waals surface area contributed by atoms with Gasteiger partial charge in [-0.15, -0.1) is 10.2 Å². The molecule has 0 aliphatic rings. The molecule has 0 heterocycles. The summed E-state index contributed by atoms with van der Waals surface area (Å²) in [5, 5.41) is 10.7. The zero-order valence-electron chi connectivity index (χ0n) is 9.89. The second-order valence-corrected chi connectivity index (χ2v) is 3.31. The van der Waals surface area contributed by atoms with Crippen LogP contribution in [0.1, 0.15) is 0 Å². The molecule has 0 atom stereocenters. The summed E-state index contributed by atoms with van der Waals surface area (Å²) in [5.41, 5.74) is 0.582. The maximum atomic E-state index is 12.6. The van der Waals surface area contributed by atoms with Crippen molar-refractivity contribution in [2.24, 2.45) is 10.2 Å². The van der Waals surface area contributed by atoms with E-state index in [9.17, 15) is 4.39 Å². The summed E-state index contributed by atoms with van der Waals surface area (Å²) in [4.78, 5) is 1.71. The number of nitrogens with one attached hydrogen (secondary N) is 1. The van der Waals surface area contributed by atoms with Gasteiger partial charge in [-0.2, -0.15) is 0 Å². The van der Waals surface area contributed by atoms with E-state index in [-0.39, 0.29) is 5.82 Å². The molecule has 0 aliphatic heterocycles. The van der Waals surface area contributed by atoms with Crippen molar-refractivity contribution < 1.29 is 4.39 Å². The Labute approximate surface area is 100 Å². The molecule has 0 amide bonds. The van der Waals surface area contributed by atoms with Crippen molar-refractivity contribution in [3.63, 3.8) is 0 Å². The van der Waals surface area contributed by atoms with Gasteiger partial charge in [0.05, 0.1) is 5.69 Å². The van der Waals surface area contributed by atoms with E-state index in [1.807, 2.05) is 0 Å². The lowest BCUT2D eigenvalue weighted by atomic mass is 10.3. The average Bonchev–Trinajstić information content (AvgIpc) is 2.34. The van der Waals surface area contributed by atoms with E-state index in [2.05, 4.69) is 22.1 Å². The first-order valence-corrected chi connectivity index (χ1v) is 5.06. The smallest absolute Gasteiger partial charge is 0.147 e. The first-order valence-electron chi connectivity index (χ1n) is 5.06. The highest BCUT2D eigenvalue weighted by atomic mass is 19.1. The highest BCUT2D eigenvalue weighted by Gasteiger charge is 1.96. The fourth-order valence-corrected chi connectivity index (χ4v) is 0.966. The number of hydrogen-bond acceptors (Lipinski definition) is 4. The van der Waals surface area contributed by atoms with Gasteiger partial charge in [-0.05, 0) is 24.3 Å². The van der Waals surface area contributed by atoms with Crippen molar-refractivity contribution in [1.29, 1.82) is 0 Å². The Hall–Kier alpha value is -2.17. The van der Waals surface area contributed by atoms with Gasteiger partial charge in [0, 0.05) is 26.5 Å². The molecular weight excluding hydrogens is 219 g/mol. The van der Waals surface area contributed by atoms with Crippen molar-refractivity contribution in [2.75, 3.05) is 14.1 Å². The molecule has 1 aromatic rings. The van der Waals surface area contributed by atoms with Gasteiger partial charge >= 0.3 is 0 Å². The SMILES string of the molecule is C=C(N=Nc1ccc(F)cc1)N(C)C=CNC. The van der Waals surface area contributed by atoms with Gasteiger partial charge in [-0.3, -0.25) is 0 Å². The van der Waals surface area contributed by atoms with Crippen LogP contribution in [0.5, 0.6) is 0 Å². The van der Waals surface area contributed by atoms with Gasteiger partial charge in [0.25, 0.3) is 0 Å². The standard InChI is InChI=1S/C12H15FN4/c1-10(17(3)9-8-14-2)15-16-12-6-4-11(13)5-7-12/h4-9,14H,1H2,2-3H3. The second kappa shape index (κ2) is 6.42. The quantitative estimate of drug-likeness (QED) is 0.795. The average molecular weight is 234 g/mol. The third-order valence-electron chi connectivity index (χ3n) is 1.98. The molecule has 90 valence electrons. The van der Waals surface area contributed by atoms with E-state index >= 15 is 0 Å². The molecule has 0 aliphatic carbocycles. The Kier molecular flexibility index (Phi) is 4.87. The van der Waals surface area contributed by atoms with Crippen LogP contribution in [-0.4, -0.2) is 19.0 Å². The molecule has 0 bridgehead atoms. The highest BCUT2D eigenvalue weighted by molar-refractivity contribution is 5.35. The van der Waals surface area contributed by atoms with Crippen molar-refractivity contribution in [3.05, 3.63) is 54.9 Å². The molecule has 1 aromatic carbocycles. The van der Waals surface area contributed by atoms with Gasteiger partial charge in [0.2, 0.25) is 0 Å². The van der Waals surface area contributed by atoms with E-state index in [1.165, 1.54) is 12.1 Å². The normalized spacial score (nSPS) is 11.0. The topological polar surface area (TPSA) is 40.0 Å². The molecule has 0 unspecified atom stereocenters. The van der Waals surface area contributed by atoms with Gasteiger partial charge in [0.15, 0.2) is 0 Å². The Morgan fingerprint density at radius 3 is 2.65 bits per heavy atom. The summed E-state index contributed by atoms with van der Waals surface area (Å²) >= 11 is 0. The summed E-state index contributed by atoms with van der Waals surface area (Å²) in [5.74, 6) is 0.192. The number of halogens is 1. The van der Waals surface area contributed by atoms with Crippen molar-refractivity contribution in [2.45, 2.75) is 0 Å². The predicted octanol–water partition coefficient (Wildman–Crippen LogP) is 3.00. The third-order valence-corrected chi connectivity index (χ3v) is 1.98. The monoisotopic (exact) mass is 234 g/mol. The second-order valence-electron chi connectivity index (χ2n) is 3.31. The summed E-state index contributed by atoms with van der Waals surface area (Å²) in [6, 6.07) is 5.77. The van der Waals surface area contributed by atoms with E-state index in [1.54, 1.807) is 43.5 Å². The molecule has 0 spiro atoms. The summed E-state index contributed by atoms with van der Waals surface area (Å²) in [7, 11) is 3.60. The minimum absolute atomic E-state index is 0.295. The van der Waals surface area contributed by atoms with Crippen LogP contribution in [0.2, 0.25) is 0 Å². The first kappa shape index (κ1) is 12.9. The predicted molar refractivity (Wildman–Crippen MR) is 66.0 cm³/mol. The van der Waals surface area contributed by atoms with Crippen LogP contribution in [0.15, 0.2) is 59.3 Å². The lowest BCUT2D eigenvalue weighted by molar-refractivity contribution is 0.553. The molecule has 17 heavy (non-hydrogen) atoms. The Balaban J connectivity index is 2.61. The summed E-state index contributed by atoms with van der Waals surface area (Å²) < 4.78 is 12.6. The minimum Gasteiger partial charge on any atom is -0.393 e. The van der Waals surface area contributed by atoms with Crippen LogP contribution >= 0.6 is 0 Å². The molecule has 0 saturated carbocycles. The largest absolute Gasteiger partial charge is 0.393 e. The van der Waals surface area contributed by atoms with Crippen molar-refractivity contribution in [1.82, 2.24) is 10.2 Å². The maximum absolute atomic E-state index is 12.6. The number of nitrogens with zero attached hydrogens (tertiary/aromatic N) is 3. The van der Waals surface area contributed by atoms with E-state index in [0.717, 1.165) is 0 Å². The fourth-order valence-electron chi connectivity index (χ4n) is 0.966. The Bertz CT molecular complexity index is 423. The van der Waals surface area contributed by atoms with E-state index in [4.69, 9.17) is 0 Å². The number of rotatable bonds is 5. The lowest BCUT2D eigenvalue weighted by Gasteiger charge is -2.11. The Morgan fingerprint density at radius 2 is 2.06 bits per heavy atom. The molecule has 1 rings (SSSR count). The highest BCUT2D eigenvalue weighted by Crippen LogP contribution is 2.14. The number of hydrogen-bond donors (Lipinski definition) is 1. The Morgan fingerprint density at radius 1 is 1.41 bits per heavy atom. The van der Waals surface area contributed by atoms with Crippen LogP contribution in [0, 0.1) is 5.82 Å². The van der Waals surface area contributed by atoms with E-state index in [0.29, 0.717) is 11.5 Å². The lowest BCUT2D eigenvalue weighted by Crippen LogP contribution is -2.08. The fraction of sp³-hybridized carbons (Fsp3) is 0.167. The molecule has 0 aromatic heterocycles. The molecular formula is C12H15FN4. The van der Waals surface area contributed by atoms with Crippen LogP contribution in [0.4, 0.5) is 10.1 Å². The maximum Gasteiger partial charge on any atom is 0.147 e. The molecule has 1 N–H and O–H groups in total. The minimum atomic E-state index is -0.295. The third kappa shape index (κ3) is 4.46. The molecule has 0 radical (unpaired) electrons. The van der Waals surface area contributed by atoms with Gasteiger partial charge in [-0.1, -0.05) is 6.58 Å². The van der Waals surface area contributed by atoms with Crippen LogP contribution in [0.25, 0.3) is 0 Å². The molecule has 0 saturated heterocycles. The molecule has 0 fully saturated rings. The van der Waals surface area contributed by atoms with Crippen molar-refractivity contribution in [3.8, 4) is 0 Å². The van der Waals surface area contributed by atoms with Crippen molar-refractivity contribution >= 4 is 5.69 Å². The van der Waals surface area contributed by atoms with Gasteiger partial charge in [-0.25, -0.2) is 4.39 Å². The number of benzene rings is 1.